The molecule has 0 aliphatic carbocycles. The van der Waals surface area contributed by atoms with Crippen LogP contribution >= 0.6 is 31.9 Å². The number of methoxy groups -OCH3 is 1. The standard InChI is InChI=1S/C12H16Br2N2O2/c1-3-7(15)4-12(17)16-10-6-11(18-2)9(14)5-8(10)13/h5-7H,3-4,15H2,1-2H3,(H,16,17). The molecule has 1 aromatic rings. The lowest BCUT2D eigenvalue weighted by Gasteiger charge is -2.12. The molecule has 0 saturated heterocycles. The summed E-state index contributed by atoms with van der Waals surface area (Å²) in [6.07, 6.45) is 1.08. The molecule has 0 heterocycles. The number of benzene rings is 1. The van der Waals surface area contributed by atoms with Crippen LogP contribution in [0, 0.1) is 0 Å². The van der Waals surface area contributed by atoms with Gasteiger partial charge in [0.1, 0.15) is 5.75 Å². The molecular weight excluding hydrogens is 364 g/mol. The summed E-state index contributed by atoms with van der Waals surface area (Å²) in [4.78, 5) is 11.8. The van der Waals surface area contributed by atoms with E-state index in [4.69, 9.17) is 10.5 Å². The maximum Gasteiger partial charge on any atom is 0.225 e. The van der Waals surface area contributed by atoms with E-state index >= 15 is 0 Å². The maximum absolute atomic E-state index is 11.8. The van der Waals surface area contributed by atoms with Crippen LogP contribution in [0.25, 0.3) is 0 Å². The quantitative estimate of drug-likeness (QED) is 0.824. The van der Waals surface area contributed by atoms with Crippen LogP contribution in [0.3, 0.4) is 0 Å². The number of hydrogen-bond donors (Lipinski definition) is 2. The highest BCUT2D eigenvalue weighted by Gasteiger charge is 2.12. The van der Waals surface area contributed by atoms with Gasteiger partial charge < -0.3 is 15.8 Å². The van der Waals surface area contributed by atoms with Crippen molar-refractivity contribution < 1.29 is 9.53 Å². The van der Waals surface area contributed by atoms with Crippen molar-refractivity contribution in [2.45, 2.75) is 25.8 Å². The zero-order chi connectivity index (χ0) is 13.7. The van der Waals surface area contributed by atoms with Crippen molar-refractivity contribution in [3.05, 3.63) is 21.1 Å². The molecule has 4 nitrogen and oxygen atoms in total. The topological polar surface area (TPSA) is 64.4 Å². The lowest BCUT2D eigenvalue weighted by molar-refractivity contribution is -0.116. The molecule has 0 bridgehead atoms. The van der Waals surface area contributed by atoms with Gasteiger partial charge >= 0.3 is 0 Å². The second kappa shape index (κ2) is 7.11. The summed E-state index contributed by atoms with van der Waals surface area (Å²) < 4.78 is 6.79. The van der Waals surface area contributed by atoms with Gasteiger partial charge in [-0.05, 0) is 44.3 Å². The van der Waals surface area contributed by atoms with Gasteiger partial charge in [-0.3, -0.25) is 4.79 Å². The van der Waals surface area contributed by atoms with Crippen molar-refractivity contribution in [1.29, 1.82) is 0 Å². The monoisotopic (exact) mass is 378 g/mol. The van der Waals surface area contributed by atoms with Gasteiger partial charge in [0.2, 0.25) is 5.91 Å². The minimum atomic E-state index is -0.110. The Labute approximate surface area is 124 Å². The predicted molar refractivity (Wildman–Crippen MR) is 79.9 cm³/mol. The Bertz CT molecular complexity index is 438. The highest BCUT2D eigenvalue weighted by Crippen LogP contribution is 2.34. The fourth-order valence-electron chi connectivity index (χ4n) is 1.37. The number of rotatable bonds is 5. The third kappa shape index (κ3) is 4.26. The Hall–Kier alpha value is -0.590. The fourth-order valence-corrected chi connectivity index (χ4v) is 2.62. The molecule has 100 valence electrons. The minimum Gasteiger partial charge on any atom is -0.495 e. The van der Waals surface area contributed by atoms with Crippen LogP contribution in [0.1, 0.15) is 19.8 Å². The first kappa shape index (κ1) is 15.5. The molecule has 1 atom stereocenters. The number of ether oxygens (including phenoxy) is 1. The molecule has 0 aromatic heterocycles. The van der Waals surface area contributed by atoms with Gasteiger partial charge in [0.05, 0.1) is 17.3 Å². The average Bonchev–Trinajstić information content (AvgIpc) is 2.32. The molecular formula is C12H16Br2N2O2. The Morgan fingerprint density at radius 2 is 2.11 bits per heavy atom. The van der Waals surface area contributed by atoms with E-state index in [1.807, 2.05) is 13.0 Å². The van der Waals surface area contributed by atoms with E-state index in [1.165, 1.54) is 0 Å². The summed E-state index contributed by atoms with van der Waals surface area (Å²) in [5, 5.41) is 2.81. The number of halogens is 2. The molecule has 0 aliphatic heterocycles. The summed E-state index contributed by atoms with van der Waals surface area (Å²) in [5.41, 5.74) is 6.41. The highest BCUT2D eigenvalue weighted by molar-refractivity contribution is 9.11. The number of carbonyl (C=O) groups is 1. The molecule has 0 spiro atoms. The van der Waals surface area contributed by atoms with Gasteiger partial charge in [0, 0.05) is 23.0 Å². The minimum absolute atomic E-state index is 0.102. The summed E-state index contributed by atoms with van der Waals surface area (Å²) in [5.74, 6) is 0.558. The van der Waals surface area contributed by atoms with Gasteiger partial charge in [-0.15, -0.1) is 0 Å². The average molecular weight is 380 g/mol. The van der Waals surface area contributed by atoms with Crippen LogP contribution in [0.2, 0.25) is 0 Å². The van der Waals surface area contributed by atoms with Crippen molar-refractivity contribution in [2.75, 3.05) is 12.4 Å². The van der Waals surface area contributed by atoms with Crippen LogP contribution < -0.4 is 15.8 Å². The molecule has 0 radical (unpaired) electrons. The third-order valence-corrected chi connectivity index (χ3v) is 3.76. The molecule has 18 heavy (non-hydrogen) atoms. The van der Waals surface area contributed by atoms with Crippen LogP contribution in [0.5, 0.6) is 5.75 Å². The summed E-state index contributed by atoms with van der Waals surface area (Å²) >= 11 is 6.76. The lowest BCUT2D eigenvalue weighted by Crippen LogP contribution is -2.26. The molecule has 6 heteroatoms. The van der Waals surface area contributed by atoms with E-state index in [1.54, 1.807) is 13.2 Å². The molecule has 0 saturated carbocycles. The third-order valence-electron chi connectivity index (χ3n) is 2.49. The Balaban J connectivity index is 2.81. The summed E-state index contributed by atoms with van der Waals surface area (Å²) in [6.45, 7) is 1.95. The normalized spacial score (nSPS) is 12.1. The molecule has 1 rings (SSSR count). The van der Waals surface area contributed by atoms with E-state index < -0.39 is 0 Å². The highest BCUT2D eigenvalue weighted by atomic mass is 79.9. The van der Waals surface area contributed by atoms with Crippen molar-refractivity contribution in [2.24, 2.45) is 5.73 Å². The Kier molecular flexibility index (Phi) is 6.11. The second-order valence-corrected chi connectivity index (χ2v) is 5.60. The molecule has 3 N–H and O–H groups in total. The number of hydrogen-bond acceptors (Lipinski definition) is 3. The number of nitrogens with one attached hydrogen (secondary N) is 1. The number of anilines is 1. The molecule has 1 unspecified atom stereocenters. The molecule has 0 aliphatic rings. The van der Waals surface area contributed by atoms with E-state index in [-0.39, 0.29) is 11.9 Å². The molecule has 1 aromatic carbocycles. The van der Waals surface area contributed by atoms with Crippen LogP contribution in [0.15, 0.2) is 21.1 Å². The predicted octanol–water partition coefficient (Wildman–Crippen LogP) is 3.29. The van der Waals surface area contributed by atoms with Crippen molar-refractivity contribution in [3.8, 4) is 5.75 Å². The number of amides is 1. The van der Waals surface area contributed by atoms with E-state index in [2.05, 4.69) is 37.2 Å². The Morgan fingerprint density at radius 3 is 2.67 bits per heavy atom. The number of carbonyl (C=O) groups excluding carboxylic acids is 1. The van der Waals surface area contributed by atoms with E-state index in [9.17, 15) is 4.79 Å². The smallest absolute Gasteiger partial charge is 0.225 e. The zero-order valence-corrected chi connectivity index (χ0v) is 13.5. The molecule has 0 fully saturated rings. The second-order valence-electron chi connectivity index (χ2n) is 3.89. The van der Waals surface area contributed by atoms with Crippen molar-refractivity contribution in [1.82, 2.24) is 0 Å². The van der Waals surface area contributed by atoms with E-state index in [0.717, 1.165) is 15.4 Å². The SMILES string of the molecule is CCC(N)CC(=O)Nc1cc(OC)c(Br)cc1Br. The first-order chi connectivity index (χ1) is 8.47. The van der Waals surface area contributed by atoms with Crippen LogP contribution in [0.4, 0.5) is 5.69 Å². The van der Waals surface area contributed by atoms with Crippen molar-refractivity contribution in [3.63, 3.8) is 0 Å². The first-order valence-electron chi connectivity index (χ1n) is 5.56. The zero-order valence-electron chi connectivity index (χ0n) is 10.3. The van der Waals surface area contributed by atoms with Crippen LogP contribution in [-0.2, 0) is 4.79 Å². The van der Waals surface area contributed by atoms with Crippen molar-refractivity contribution >= 4 is 43.5 Å². The van der Waals surface area contributed by atoms with Gasteiger partial charge in [-0.1, -0.05) is 6.92 Å². The lowest BCUT2D eigenvalue weighted by atomic mass is 10.1. The summed E-state index contributed by atoms with van der Waals surface area (Å²) in [6, 6.07) is 3.47. The maximum atomic E-state index is 11.8. The Morgan fingerprint density at radius 1 is 1.44 bits per heavy atom. The van der Waals surface area contributed by atoms with Gasteiger partial charge in [-0.25, -0.2) is 0 Å². The van der Waals surface area contributed by atoms with Gasteiger partial charge in [-0.2, -0.15) is 0 Å². The summed E-state index contributed by atoms with van der Waals surface area (Å²) in [7, 11) is 1.58. The fraction of sp³-hybridized carbons (Fsp3) is 0.417. The van der Waals surface area contributed by atoms with Crippen LogP contribution in [-0.4, -0.2) is 19.1 Å². The van der Waals surface area contributed by atoms with E-state index in [0.29, 0.717) is 17.9 Å². The van der Waals surface area contributed by atoms with Gasteiger partial charge in [0.15, 0.2) is 0 Å². The first-order valence-corrected chi connectivity index (χ1v) is 7.15. The number of nitrogens with two attached hydrogens (primary N) is 1. The largest absolute Gasteiger partial charge is 0.495 e. The molecule has 1 amide bonds. The van der Waals surface area contributed by atoms with Gasteiger partial charge in [0.25, 0.3) is 0 Å².